The number of carbonyl (C=O) groups is 1. The average molecular weight is 446 g/mol. The second-order valence-electron chi connectivity index (χ2n) is 7.85. The predicted molar refractivity (Wildman–Crippen MR) is 131 cm³/mol. The highest BCUT2D eigenvalue weighted by Gasteiger charge is 2.15. The van der Waals surface area contributed by atoms with Crippen molar-refractivity contribution in [2.45, 2.75) is 26.4 Å². The molecule has 1 unspecified atom stereocenters. The summed E-state index contributed by atoms with van der Waals surface area (Å²) >= 11 is 1.70. The summed E-state index contributed by atoms with van der Waals surface area (Å²) in [4.78, 5) is 15.4. The zero-order valence-electron chi connectivity index (χ0n) is 18.4. The number of nitrogens with one attached hydrogen (secondary N) is 2. The first-order chi connectivity index (χ1) is 15.4. The lowest BCUT2D eigenvalue weighted by atomic mass is 10.0. The van der Waals surface area contributed by atoms with Crippen LogP contribution in [0.2, 0.25) is 0 Å². The Hall–Kier alpha value is -3.42. The number of hydrogen-bond acceptors (Lipinski definition) is 5. The summed E-state index contributed by atoms with van der Waals surface area (Å²) in [6.45, 7) is 4.49. The van der Waals surface area contributed by atoms with Crippen LogP contribution in [-0.4, -0.2) is 15.7 Å². The second-order valence-corrected chi connectivity index (χ2v) is 9.02. The molecule has 4 N–H and O–H groups in total. The minimum absolute atomic E-state index is 0.100. The molecule has 6 nitrogen and oxygen atoms in total. The Kier molecular flexibility index (Phi) is 6.39. The van der Waals surface area contributed by atoms with E-state index in [0.717, 1.165) is 32.9 Å². The molecule has 4 aromatic rings. The van der Waals surface area contributed by atoms with Crippen molar-refractivity contribution in [1.29, 1.82) is 0 Å². The van der Waals surface area contributed by atoms with E-state index in [0.29, 0.717) is 12.1 Å². The topological polar surface area (TPSA) is 85.0 Å². The molecule has 1 amide bonds. The molecule has 0 saturated heterocycles. The van der Waals surface area contributed by atoms with E-state index in [1.165, 1.54) is 4.88 Å². The fourth-order valence-corrected chi connectivity index (χ4v) is 4.44. The first-order valence-electron chi connectivity index (χ1n) is 10.5. The van der Waals surface area contributed by atoms with Gasteiger partial charge in [-0.25, -0.2) is 0 Å². The molecule has 0 aliphatic heterocycles. The Bertz CT molecular complexity index is 1240. The molecule has 32 heavy (non-hydrogen) atoms. The average Bonchev–Trinajstić information content (AvgIpc) is 3.44. The van der Waals surface area contributed by atoms with Crippen LogP contribution in [0.1, 0.15) is 39.3 Å². The van der Waals surface area contributed by atoms with Crippen molar-refractivity contribution in [1.82, 2.24) is 15.1 Å². The smallest absolute Gasteiger partial charge is 0.252 e. The highest BCUT2D eigenvalue weighted by atomic mass is 32.1. The quantitative estimate of drug-likeness (QED) is 0.367. The van der Waals surface area contributed by atoms with Gasteiger partial charge in [0.25, 0.3) is 5.91 Å². The summed E-state index contributed by atoms with van der Waals surface area (Å²) < 4.78 is 1.73. The third kappa shape index (κ3) is 4.90. The van der Waals surface area contributed by atoms with E-state index in [4.69, 9.17) is 5.73 Å². The third-order valence-corrected chi connectivity index (χ3v) is 6.51. The highest BCUT2D eigenvalue weighted by Crippen LogP contribution is 2.30. The van der Waals surface area contributed by atoms with E-state index in [1.54, 1.807) is 22.2 Å². The number of amides is 1. The van der Waals surface area contributed by atoms with Gasteiger partial charge in [0, 0.05) is 40.8 Å². The van der Waals surface area contributed by atoms with Crippen LogP contribution in [0, 0.1) is 6.92 Å². The Morgan fingerprint density at radius 1 is 1.16 bits per heavy atom. The standard InChI is InChI=1S/C25H27N5OS/c1-16-7-8-20(29-21-14-27-30(3)15-21)12-23(16)25(31)28-17(2)18-5-4-6-19(11-18)24-10-9-22(13-26)32-24/h4-12,14-15,17,29H,13,26H2,1-3H3,(H,28,31). The maximum absolute atomic E-state index is 13.1. The normalized spacial score (nSPS) is 11.9. The van der Waals surface area contributed by atoms with Gasteiger partial charge in [0.2, 0.25) is 0 Å². The summed E-state index contributed by atoms with van der Waals surface area (Å²) in [5.74, 6) is -0.100. The zero-order valence-corrected chi connectivity index (χ0v) is 19.2. The first-order valence-corrected chi connectivity index (χ1v) is 11.3. The van der Waals surface area contributed by atoms with E-state index in [-0.39, 0.29) is 11.9 Å². The van der Waals surface area contributed by atoms with Gasteiger partial charge in [0.15, 0.2) is 0 Å². The zero-order chi connectivity index (χ0) is 22.7. The van der Waals surface area contributed by atoms with Gasteiger partial charge in [0.1, 0.15) is 0 Å². The van der Waals surface area contributed by atoms with Gasteiger partial charge in [0.05, 0.1) is 17.9 Å². The van der Waals surface area contributed by atoms with Crippen molar-refractivity contribution in [3.8, 4) is 10.4 Å². The molecule has 0 radical (unpaired) electrons. The Morgan fingerprint density at radius 2 is 2.00 bits per heavy atom. The summed E-state index contributed by atoms with van der Waals surface area (Å²) in [7, 11) is 1.87. The minimum atomic E-state index is -0.134. The molecule has 4 rings (SSSR count). The lowest BCUT2D eigenvalue weighted by molar-refractivity contribution is 0.0939. The molecule has 7 heteroatoms. The largest absolute Gasteiger partial charge is 0.353 e. The minimum Gasteiger partial charge on any atom is -0.353 e. The number of carbonyl (C=O) groups excluding carboxylic acids is 1. The Balaban J connectivity index is 1.50. The van der Waals surface area contributed by atoms with Crippen molar-refractivity contribution in [2.75, 3.05) is 5.32 Å². The van der Waals surface area contributed by atoms with Gasteiger partial charge in [-0.1, -0.05) is 24.3 Å². The van der Waals surface area contributed by atoms with Crippen LogP contribution in [0.15, 0.2) is 67.0 Å². The summed E-state index contributed by atoms with van der Waals surface area (Å²) in [5, 5.41) is 10.6. The maximum Gasteiger partial charge on any atom is 0.252 e. The predicted octanol–water partition coefficient (Wildman–Crippen LogP) is 5.15. The van der Waals surface area contributed by atoms with Crippen molar-refractivity contribution >= 4 is 28.6 Å². The Labute approximate surface area is 192 Å². The molecule has 0 aliphatic rings. The van der Waals surface area contributed by atoms with Crippen molar-refractivity contribution < 1.29 is 4.79 Å². The fraction of sp³-hybridized carbons (Fsp3) is 0.200. The van der Waals surface area contributed by atoms with E-state index >= 15 is 0 Å². The van der Waals surface area contributed by atoms with Gasteiger partial charge >= 0.3 is 0 Å². The number of aromatic nitrogens is 2. The summed E-state index contributed by atoms with van der Waals surface area (Å²) in [6.07, 6.45) is 3.64. The van der Waals surface area contributed by atoms with Gasteiger partial charge < -0.3 is 16.4 Å². The first kappa shape index (κ1) is 21.8. The van der Waals surface area contributed by atoms with Crippen LogP contribution in [0.4, 0.5) is 11.4 Å². The van der Waals surface area contributed by atoms with Crippen LogP contribution in [0.5, 0.6) is 0 Å². The molecule has 2 aromatic heterocycles. The van der Waals surface area contributed by atoms with E-state index < -0.39 is 0 Å². The van der Waals surface area contributed by atoms with Crippen molar-refractivity contribution in [2.24, 2.45) is 12.8 Å². The van der Waals surface area contributed by atoms with E-state index in [1.807, 2.05) is 57.4 Å². The number of thiophene rings is 1. The lowest BCUT2D eigenvalue weighted by Gasteiger charge is -2.17. The molecule has 1 atom stereocenters. The number of nitrogens with zero attached hydrogens (tertiary/aromatic N) is 2. The maximum atomic E-state index is 13.1. The summed E-state index contributed by atoms with van der Waals surface area (Å²) in [6, 6.07) is 18.1. The molecular formula is C25H27N5OS. The van der Waals surface area contributed by atoms with Crippen molar-refractivity contribution in [3.63, 3.8) is 0 Å². The van der Waals surface area contributed by atoms with Crippen LogP contribution < -0.4 is 16.4 Å². The molecule has 2 aromatic carbocycles. The molecule has 0 fully saturated rings. The molecule has 0 aliphatic carbocycles. The van der Waals surface area contributed by atoms with E-state index in [9.17, 15) is 4.79 Å². The number of nitrogens with two attached hydrogens (primary N) is 1. The number of aryl methyl sites for hydroxylation is 2. The van der Waals surface area contributed by atoms with Crippen LogP contribution >= 0.6 is 11.3 Å². The molecule has 0 spiro atoms. The number of anilines is 2. The van der Waals surface area contributed by atoms with Crippen molar-refractivity contribution in [3.05, 3.63) is 88.6 Å². The Morgan fingerprint density at radius 3 is 2.72 bits per heavy atom. The molecular weight excluding hydrogens is 418 g/mol. The van der Waals surface area contributed by atoms with E-state index in [2.05, 4.69) is 40.0 Å². The van der Waals surface area contributed by atoms with Crippen LogP contribution in [0.25, 0.3) is 10.4 Å². The fourth-order valence-electron chi connectivity index (χ4n) is 3.56. The van der Waals surface area contributed by atoms with Gasteiger partial charge in [-0.3, -0.25) is 9.48 Å². The SMILES string of the molecule is Cc1ccc(Nc2cnn(C)c2)cc1C(=O)NC(C)c1cccc(-c2ccc(CN)s2)c1. The molecule has 2 heterocycles. The van der Waals surface area contributed by atoms with Gasteiger partial charge in [-0.2, -0.15) is 5.10 Å². The number of hydrogen-bond donors (Lipinski definition) is 3. The number of benzene rings is 2. The summed E-state index contributed by atoms with van der Waals surface area (Å²) in [5.41, 5.74) is 11.2. The molecule has 0 bridgehead atoms. The third-order valence-electron chi connectivity index (χ3n) is 5.36. The monoisotopic (exact) mass is 445 g/mol. The number of rotatable bonds is 7. The van der Waals surface area contributed by atoms with Gasteiger partial charge in [-0.15, -0.1) is 11.3 Å². The highest BCUT2D eigenvalue weighted by molar-refractivity contribution is 7.15. The van der Waals surface area contributed by atoms with Gasteiger partial charge in [-0.05, 0) is 60.9 Å². The van der Waals surface area contributed by atoms with Crippen LogP contribution in [0.3, 0.4) is 0 Å². The molecule has 164 valence electrons. The lowest BCUT2D eigenvalue weighted by Crippen LogP contribution is -2.27. The molecule has 0 saturated carbocycles. The second kappa shape index (κ2) is 9.38. The van der Waals surface area contributed by atoms with Crippen LogP contribution in [-0.2, 0) is 13.6 Å².